The van der Waals surface area contributed by atoms with Crippen LogP contribution in [-0.4, -0.2) is 41.1 Å². The van der Waals surface area contributed by atoms with Gasteiger partial charge in [-0.05, 0) is 33.6 Å². The van der Waals surface area contributed by atoms with Crippen LogP contribution in [0.25, 0.3) is 0 Å². The summed E-state index contributed by atoms with van der Waals surface area (Å²) in [6.07, 6.45) is 3.37. The molecule has 0 aliphatic heterocycles. The fraction of sp³-hybridized carbons (Fsp3) is 0.929. The second-order valence-electron chi connectivity index (χ2n) is 4.54. The Balaban J connectivity index is 4.13. The van der Waals surface area contributed by atoms with Gasteiger partial charge in [0.1, 0.15) is 0 Å². The molecule has 120 valence electrons. The van der Waals surface area contributed by atoms with Crippen molar-refractivity contribution in [2.24, 2.45) is 0 Å². The molecule has 0 heterocycles. The van der Waals surface area contributed by atoms with Gasteiger partial charge in [-0.3, -0.25) is 4.79 Å². The molecular formula is C14H31NO4Si. The Kier molecular flexibility index (Phi) is 12.1. The van der Waals surface area contributed by atoms with Gasteiger partial charge in [-0.15, -0.1) is 0 Å². The molecule has 0 spiro atoms. The lowest BCUT2D eigenvalue weighted by molar-refractivity contribution is -0.121. The molecule has 1 N–H and O–H groups in total. The fourth-order valence-corrected chi connectivity index (χ4v) is 4.57. The van der Waals surface area contributed by atoms with Crippen molar-refractivity contribution in [3.8, 4) is 0 Å². The summed E-state index contributed by atoms with van der Waals surface area (Å²) in [5, 5.41) is 2.92. The number of carbonyl (C=O) groups is 1. The van der Waals surface area contributed by atoms with Crippen molar-refractivity contribution < 1.29 is 18.1 Å². The summed E-state index contributed by atoms with van der Waals surface area (Å²) in [5.41, 5.74) is 0. The summed E-state index contributed by atoms with van der Waals surface area (Å²) in [6, 6.07) is 0.698. The number of hydrogen-bond donors (Lipinski definition) is 1. The molecule has 0 radical (unpaired) electrons. The van der Waals surface area contributed by atoms with Crippen LogP contribution in [0.15, 0.2) is 0 Å². The van der Waals surface area contributed by atoms with Gasteiger partial charge in [0, 0.05) is 38.8 Å². The summed E-state index contributed by atoms with van der Waals surface area (Å²) >= 11 is 0. The second-order valence-corrected chi connectivity index (χ2v) is 7.27. The number of rotatable bonds is 13. The molecule has 0 aromatic rings. The van der Waals surface area contributed by atoms with Gasteiger partial charge in [0.05, 0.1) is 0 Å². The summed E-state index contributed by atoms with van der Waals surface area (Å²) in [7, 11) is -2.58. The van der Waals surface area contributed by atoms with E-state index in [1.165, 1.54) is 0 Å². The second kappa shape index (κ2) is 12.3. The highest BCUT2D eigenvalue weighted by Gasteiger charge is 2.39. The van der Waals surface area contributed by atoms with Crippen molar-refractivity contribution in [2.45, 2.75) is 59.4 Å². The summed E-state index contributed by atoms with van der Waals surface area (Å²) in [6.45, 7) is 10.4. The summed E-state index contributed by atoms with van der Waals surface area (Å²) in [4.78, 5) is 11.7. The topological polar surface area (TPSA) is 56.8 Å². The SMILES string of the molecule is CCCCNC(=O)CCC[Si](OCC)(OCC)OCC. The summed E-state index contributed by atoms with van der Waals surface area (Å²) < 4.78 is 17.3. The number of unbranched alkanes of at least 4 members (excludes halogenated alkanes) is 1. The molecule has 20 heavy (non-hydrogen) atoms. The minimum atomic E-state index is -2.58. The van der Waals surface area contributed by atoms with Gasteiger partial charge >= 0.3 is 8.80 Å². The van der Waals surface area contributed by atoms with Gasteiger partial charge in [0.15, 0.2) is 0 Å². The predicted molar refractivity (Wildman–Crippen MR) is 82.6 cm³/mol. The van der Waals surface area contributed by atoms with Crippen LogP contribution < -0.4 is 5.32 Å². The lowest BCUT2D eigenvalue weighted by atomic mass is 10.3. The van der Waals surface area contributed by atoms with Gasteiger partial charge in [-0.1, -0.05) is 13.3 Å². The van der Waals surface area contributed by atoms with E-state index in [4.69, 9.17) is 13.3 Å². The van der Waals surface area contributed by atoms with Crippen molar-refractivity contribution in [2.75, 3.05) is 26.4 Å². The molecule has 6 heteroatoms. The zero-order valence-corrected chi connectivity index (χ0v) is 14.5. The minimum Gasteiger partial charge on any atom is -0.374 e. The quantitative estimate of drug-likeness (QED) is 0.420. The lowest BCUT2D eigenvalue weighted by Crippen LogP contribution is -2.46. The monoisotopic (exact) mass is 305 g/mol. The highest BCUT2D eigenvalue weighted by molar-refractivity contribution is 6.60. The molecule has 5 nitrogen and oxygen atoms in total. The van der Waals surface area contributed by atoms with E-state index in [9.17, 15) is 4.79 Å². The largest absolute Gasteiger partial charge is 0.500 e. The Morgan fingerprint density at radius 1 is 0.950 bits per heavy atom. The van der Waals surface area contributed by atoms with Crippen molar-refractivity contribution in [3.05, 3.63) is 0 Å². The molecule has 0 atom stereocenters. The highest BCUT2D eigenvalue weighted by Crippen LogP contribution is 2.19. The first kappa shape index (κ1) is 19.6. The highest BCUT2D eigenvalue weighted by atomic mass is 28.4. The number of nitrogens with one attached hydrogen (secondary N) is 1. The fourth-order valence-electron chi connectivity index (χ4n) is 1.96. The Morgan fingerprint density at radius 3 is 1.95 bits per heavy atom. The van der Waals surface area contributed by atoms with E-state index in [1.807, 2.05) is 20.8 Å². The van der Waals surface area contributed by atoms with Crippen molar-refractivity contribution >= 4 is 14.7 Å². The Hall–Kier alpha value is -0.433. The molecule has 0 bridgehead atoms. The minimum absolute atomic E-state index is 0.103. The molecule has 0 aromatic carbocycles. The van der Waals surface area contributed by atoms with Crippen LogP contribution in [0.4, 0.5) is 0 Å². The standard InChI is InChI=1S/C14H31NO4Si/c1-5-9-12-15-14(16)11-10-13-20(17-6-2,18-7-3)19-8-4/h5-13H2,1-4H3,(H,15,16). The number of hydrogen-bond acceptors (Lipinski definition) is 4. The zero-order valence-electron chi connectivity index (χ0n) is 13.5. The van der Waals surface area contributed by atoms with Crippen LogP contribution in [0.3, 0.4) is 0 Å². The van der Waals surface area contributed by atoms with Crippen molar-refractivity contribution in [3.63, 3.8) is 0 Å². The number of amides is 1. The summed E-state index contributed by atoms with van der Waals surface area (Å²) in [5.74, 6) is 0.103. The third kappa shape index (κ3) is 8.68. The van der Waals surface area contributed by atoms with Gasteiger partial charge in [-0.2, -0.15) is 0 Å². The van der Waals surface area contributed by atoms with Gasteiger partial charge < -0.3 is 18.6 Å². The van der Waals surface area contributed by atoms with E-state index in [2.05, 4.69) is 12.2 Å². The normalized spacial score (nSPS) is 11.6. The number of carbonyl (C=O) groups excluding carboxylic acids is 1. The molecule has 0 aromatic heterocycles. The van der Waals surface area contributed by atoms with Gasteiger partial charge in [0.2, 0.25) is 5.91 Å². The predicted octanol–water partition coefficient (Wildman–Crippen LogP) is 2.73. The lowest BCUT2D eigenvalue weighted by Gasteiger charge is -2.28. The first-order valence-corrected chi connectivity index (χ1v) is 9.75. The third-order valence-electron chi connectivity index (χ3n) is 2.83. The average molecular weight is 305 g/mol. The maximum absolute atomic E-state index is 11.7. The maximum atomic E-state index is 11.7. The zero-order chi connectivity index (χ0) is 15.3. The van der Waals surface area contributed by atoms with Crippen LogP contribution in [0.2, 0.25) is 6.04 Å². The van der Waals surface area contributed by atoms with E-state index in [1.54, 1.807) is 0 Å². The van der Waals surface area contributed by atoms with E-state index >= 15 is 0 Å². The smallest absolute Gasteiger partial charge is 0.374 e. The third-order valence-corrected chi connectivity index (χ3v) is 5.98. The molecule has 0 fully saturated rings. The molecule has 0 rings (SSSR count). The Bertz CT molecular complexity index is 234. The van der Waals surface area contributed by atoms with Crippen molar-refractivity contribution in [1.82, 2.24) is 5.32 Å². The van der Waals surface area contributed by atoms with Gasteiger partial charge in [0.25, 0.3) is 0 Å². The van der Waals surface area contributed by atoms with Crippen LogP contribution in [-0.2, 0) is 18.1 Å². The first-order valence-electron chi connectivity index (χ1n) is 7.82. The van der Waals surface area contributed by atoms with Crippen LogP contribution in [0.5, 0.6) is 0 Å². The molecule has 0 saturated heterocycles. The van der Waals surface area contributed by atoms with Crippen molar-refractivity contribution in [1.29, 1.82) is 0 Å². The first-order chi connectivity index (χ1) is 9.64. The van der Waals surface area contributed by atoms with E-state index in [0.29, 0.717) is 32.3 Å². The van der Waals surface area contributed by atoms with E-state index in [-0.39, 0.29) is 5.91 Å². The Morgan fingerprint density at radius 2 is 1.50 bits per heavy atom. The molecule has 0 aliphatic carbocycles. The van der Waals surface area contributed by atoms with E-state index < -0.39 is 8.80 Å². The molecule has 0 aliphatic rings. The van der Waals surface area contributed by atoms with Crippen LogP contribution in [0, 0.1) is 0 Å². The van der Waals surface area contributed by atoms with Gasteiger partial charge in [-0.25, -0.2) is 0 Å². The molecule has 0 unspecified atom stereocenters. The molecule has 1 amide bonds. The Labute approximate surface area is 124 Å². The van der Waals surface area contributed by atoms with E-state index in [0.717, 1.165) is 25.8 Å². The van der Waals surface area contributed by atoms with Crippen LogP contribution >= 0.6 is 0 Å². The maximum Gasteiger partial charge on any atom is 0.500 e. The molecular weight excluding hydrogens is 274 g/mol. The van der Waals surface area contributed by atoms with Crippen LogP contribution in [0.1, 0.15) is 53.4 Å². The molecule has 0 saturated carbocycles. The average Bonchev–Trinajstić information content (AvgIpc) is 2.40.